The summed E-state index contributed by atoms with van der Waals surface area (Å²) >= 11 is 0. The fourth-order valence-corrected chi connectivity index (χ4v) is 6.06. The van der Waals surface area contributed by atoms with Crippen molar-refractivity contribution in [2.75, 3.05) is 26.4 Å². The number of aliphatic hydroxyl groups is 2. The molecule has 1 aliphatic carbocycles. The van der Waals surface area contributed by atoms with Crippen LogP contribution in [0.2, 0.25) is 0 Å². The number of benzene rings is 4. The molecule has 0 unspecified atom stereocenters. The number of fused-ring (bicyclic) bond motifs is 3. The lowest BCUT2D eigenvalue weighted by Crippen LogP contribution is -2.29. The molecule has 0 radical (unpaired) electrons. The van der Waals surface area contributed by atoms with Gasteiger partial charge in [-0.1, -0.05) is 100 Å². The van der Waals surface area contributed by atoms with E-state index in [1.807, 2.05) is 0 Å². The molecule has 0 fully saturated rings. The number of hydrogen-bond acceptors (Lipinski definition) is 4. The first kappa shape index (κ1) is 27.0. The molecule has 0 heterocycles. The SMILES string of the molecule is CC(C)c1cc(C2(c3ccc(OCCO)c(C(C)C)c3)c3ccccc3-c3ccccc32)ccc1OCCO. The zero-order chi connectivity index (χ0) is 27.6. The Balaban J connectivity index is 1.84. The zero-order valence-corrected chi connectivity index (χ0v) is 23.3. The standard InChI is InChI=1S/C35H38O4/c1-23(2)29-21-25(13-15-33(29)38-19-17-36)35(26-14-16-34(39-20-18-37)30(22-26)24(3)4)31-11-7-5-9-27(31)28-10-6-8-12-32(28)35/h5-16,21-24,36-37H,17-20H2,1-4H3. The van der Waals surface area contributed by atoms with E-state index >= 15 is 0 Å². The minimum absolute atomic E-state index is 0.0212. The quantitative estimate of drug-likeness (QED) is 0.207. The van der Waals surface area contributed by atoms with Crippen LogP contribution in [0.5, 0.6) is 11.5 Å². The molecule has 4 nitrogen and oxygen atoms in total. The fourth-order valence-electron chi connectivity index (χ4n) is 6.06. The minimum Gasteiger partial charge on any atom is -0.491 e. The first-order valence-corrected chi connectivity index (χ1v) is 13.9. The van der Waals surface area contributed by atoms with Crippen molar-refractivity contribution in [2.24, 2.45) is 0 Å². The Kier molecular flexibility index (Phi) is 7.79. The maximum Gasteiger partial charge on any atom is 0.122 e. The van der Waals surface area contributed by atoms with E-state index in [2.05, 4.69) is 113 Å². The Bertz CT molecular complexity index is 1340. The van der Waals surface area contributed by atoms with E-state index in [4.69, 9.17) is 9.47 Å². The lowest BCUT2D eigenvalue weighted by Gasteiger charge is -2.35. The monoisotopic (exact) mass is 522 g/mol. The molecule has 2 N–H and O–H groups in total. The molecule has 0 spiro atoms. The van der Waals surface area contributed by atoms with E-state index in [0.29, 0.717) is 0 Å². The second-order valence-electron chi connectivity index (χ2n) is 10.8. The molecule has 0 amide bonds. The van der Waals surface area contributed by atoms with Crippen LogP contribution in [-0.2, 0) is 5.41 Å². The molecule has 0 saturated carbocycles. The van der Waals surface area contributed by atoms with Gasteiger partial charge in [-0.25, -0.2) is 0 Å². The molecule has 0 aliphatic heterocycles. The van der Waals surface area contributed by atoms with E-state index in [1.54, 1.807) is 0 Å². The summed E-state index contributed by atoms with van der Waals surface area (Å²) in [6, 6.07) is 30.5. The Morgan fingerprint density at radius 3 is 1.38 bits per heavy atom. The maximum absolute atomic E-state index is 9.39. The van der Waals surface area contributed by atoms with Crippen LogP contribution >= 0.6 is 0 Å². The van der Waals surface area contributed by atoms with Crippen LogP contribution in [0.15, 0.2) is 84.9 Å². The van der Waals surface area contributed by atoms with Crippen molar-refractivity contribution >= 4 is 0 Å². The predicted octanol–water partition coefficient (Wildman–Crippen LogP) is 7.04. The van der Waals surface area contributed by atoms with Crippen molar-refractivity contribution in [1.82, 2.24) is 0 Å². The van der Waals surface area contributed by atoms with Crippen molar-refractivity contribution < 1.29 is 19.7 Å². The van der Waals surface area contributed by atoms with E-state index in [1.165, 1.54) is 33.4 Å². The van der Waals surface area contributed by atoms with Crippen LogP contribution in [0.4, 0.5) is 0 Å². The summed E-state index contributed by atoms with van der Waals surface area (Å²) in [6.07, 6.45) is 0. The summed E-state index contributed by atoms with van der Waals surface area (Å²) in [4.78, 5) is 0. The highest BCUT2D eigenvalue weighted by Crippen LogP contribution is 2.57. The van der Waals surface area contributed by atoms with Crippen molar-refractivity contribution in [3.8, 4) is 22.6 Å². The molecule has 0 saturated heterocycles. The molecule has 4 heteroatoms. The summed E-state index contributed by atoms with van der Waals surface area (Å²) < 4.78 is 11.9. The lowest BCUT2D eigenvalue weighted by molar-refractivity contribution is 0.200. The van der Waals surface area contributed by atoms with Gasteiger partial charge in [0, 0.05) is 0 Å². The van der Waals surface area contributed by atoms with Crippen LogP contribution in [0, 0.1) is 0 Å². The van der Waals surface area contributed by atoms with Gasteiger partial charge in [0.1, 0.15) is 24.7 Å². The van der Waals surface area contributed by atoms with Crippen molar-refractivity contribution in [1.29, 1.82) is 0 Å². The molecule has 0 aromatic heterocycles. The van der Waals surface area contributed by atoms with Gasteiger partial charge in [0.2, 0.25) is 0 Å². The summed E-state index contributed by atoms with van der Waals surface area (Å²) in [5.74, 6) is 2.10. The van der Waals surface area contributed by atoms with Crippen molar-refractivity contribution in [3.05, 3.63) is 118 Å². The highest BCUT2D eigenvalue weighted by molar-refractivity contribution is 5.86. The van der Waals surface area contributed by atoms with E-state index in [0.717, 1.165) is 22.6 Å². The van der Waals surface area contributed by atoms with Crippen LogP contribution < -0.4 is 9.47 Å². The van der Waals surface area contributed by atoms with Gasteiger partial charge in [0.15, 0.2) is 0 Å². The number of hydrogen-bond donors (Lipinski definition) is 2. The van der Waals surface area contributed by atoms with Gasteiger partial charge >= 0.3 is 0 Å². The second-order valence-corrected chi connectivity index (χ2v) is 10.8. The van der Waals surface area contributed by atoms with E-state index in [-0.39, 0.29) is 38.3 Å². The van der Waals surface area contributed by atoms with Gasteiger partial charge in [-0.15, -0.1) is 0 Å². The molecule has 5 rings (SSSR count). The van der Waals surface area contributed by atoms with Gasteiger partial charge in [-0.2, -0.15) is 0 Å². The van der Waals surface area contributed by atoms with Crippen molar-refractivity contribution in [3.63, 3.8) is 0 Å². The number of ether oxygens (including phenoxy) is 2. The molecular formula is C35H38O4. The van der Waals surface area contributed by atoms with Crippen LogP contribution in [-0.4, -0.2) is 36.6 Å². The Morgan fingerprint density at radius 1 is 0.590 bits per heavy atom. The maximum atomic E-state index is 9.39. The normalized spacial score (nSPS) is 13.4. The second kappa shape index (κ2) is 11.3. The largest absolute Gasteiger partial charge is 0.491 e. The first-order chi connectivity index (χ1) is 18.9. The van der Waals surface area contributed by atoms with Gasteiger partial charge in [-0.05, 0) is 68.5 Å². The zero-order valence-electron chi connectivity index (χ0n) is 23.3. The van der Waals surface area contributed by atoms with Gasteiger partial charge in [-0.3, -0.25) is 0 Å². The highest BCUT2D eigenvalue weighted by atomic mass is 16.5. The molecule has 202 valence electrons. The van der Waals surface area contributed by atoms with Crippen LogP contribution in [0.3, 0.4) is 0 Å². The fraction of sp³-hybridized carbons (Fsp3) is 0.314. The first-order valence-electron chi connectivity index (χ1n) is 13.9. The van der Waals surface area contributed by atoms with Crippen LogP contribution in [0.1, 0.15) is 72.9 Å². The number of rotatable bonds is 10. The molecular weight excluding hydrogens is 484 g/mol. The van der Waals surface area contributed by atoms with E-state index < -0.39 is 5.41 Å². The van der Waals surface area contributed by atoms with E-state index in [9.17, 15) is 10.2 Å². The summed E-state index contributed by atoms with van der Waals surface area (Å²) in [5, 5.41) is 18.8. The van der Waals surface area contributed by atoms with Gasteiger partial charge in [0.05, 0.1) is 18.6 Å². The lowest BCUT2D eigenvalue weighted by atomic mass is 9.66. The third kappa shape index (κ3) is 4.62. The molecule has 0 bridgehead atoms. The average Bonchev–Trinajstić information content (AvgIpc) is 3.26. The predicted molar refractivity (Wildman–Crippen MR) is 157 cm³/mol. The third-order valence-corrected chi connectivity index (χ3v) is 7.78. The Hall–Kier alpha value is -3.60. The number of aliphatic hydroxyl groups excluding tert-OH is 2. The Labute approximate surface area is 231 Å². The van der Waals surface area contributed by atoms with Crippen LogP contribution in [0.25, 0.3) is 11.1 Å². The summed E-state index contributed by atoms with van der Waals surface area (Å²) in [5.41, 5.74) is 9.05. The molecule has 0 atom stereocenters. The topological polar surface area (TPSA) is 58.9 Å². The third-order valence-electron chi connectivity index (χ3n) is 7.78. The summed E-state index contributed by atoms with van der Waals surface area (Å²) in [7, 11) is 0. The highest BCUT2D eigenvalue weighted by Gasteiger charge is 2.46. The van der Waals surface area contributed by atoms with Crippen molar-refractivity contribution in [2.45, 2.75) is 44.9 Å². The average molecular weight is 523 g/mol. The summed E-state index contributed by atoms with van der Waals surface area (Å²) in [6.45, 7) is 9.21. The Morgan fingerprint density at radius 2 is 1.00 bits per heavy atom. The van der Waals surface area contributed by atoms with Gasteiger partial charge in [0.25, 0.3) is 0 Å². The minimum atomic E-state index is -0.536. The molecule has 1 aliphatic rings. The smallest absolute Gasteiger partial charge is 0.122 e. The molecule has 4 aromatic carbocycles. The van der Waals surface area contributed by atoms with Gasteiger partial charge < -0.3 is 19.7 Å². The molecule has 4 aromatic rings. The molecule has 39 heavy (non-hydrogen) atoms.